The molecule has 0 aliphatic rings. The van der Waals surface area contributed by atoms with E-state index in [0.29, 0.717) is 0 Å². The van der Waals surface area contributed by atoms with Crippen molar-refractivity contribution in [1.29, 1.82) is 0 Å². The Labute approximate surface area is 110 Å². The van der Waals surface area contributed by atoms with E-state index in [-0.39, 0.29) is 16.2 Å². The number of carbonyl (C=O) groups is 1. The highest BCUT2D eigenvalue weighted by Gasteiger charge is 2.09. The quantitative estimate of drug-likeness (QED) is 0.863. The fourth-order valence-corrected chi connectivity index (χ4v) is 3.16. The second kappa shape index (κ2) is 5.49. The Morgan fingerprint density at radius 2 is 2.11 bits per heavy atom. The first-order valence-corrected chi connectivity index (χ1v) is 6.81. The Morgan fingerprint density at radius 3 is 2.78 bits per heavy atom. The van der Waals surface area contributed by atoms with Crippen LogP contribution in [0.1, 0.15) is 15.2 Å². The largest absolute Gasteiger partial charge is 0.477 e. The molecule has 0 aliphatic carbocycles. The highest BCUT2D eigenvalue weighted by molar-refractivity contribution is 7.98. The summed E-state index contributed by atoms with van der Waals surface area (Å²) in [5.41, 5.74) is 0.267. The minimum absolute atomic E-state index is 0.234. The van der Waals surface area contributed by atoms with Crippen LogP contribution in [-0.4, -0.2) is 11.1 Å². The van der Waals surface area contributed by atoms with E-state index in [1.165, 1.54) is 17.8 Å². The van der Waals surface area contributed by atoms with E-state index >= 15 is 0 Å². The van der Waals surface area contributed by atoms with Crippen LogP contribution in [0.15, 0.2) is 34.5 Å². The third-order valence-corrected chi connectivity index (χ3v) is 4.28. The molecular weight excluding hydrogens is 278 g/mol. The minimum Gasteiger partial charge on any atom is -0.477 e. The van der Waals surface area contributed by atoms with Gasteiger partial charge in [0.1, 0.15) is 16.5 Å². The maximum Gasteiger partial charge on any atom is 0.345 e. The molecule has 1 aromatic heterocycles. The number of carboxylic acid groups (broad SMARTS) is 1. The number of hydrogen-bond acceptors (Lipinski definition) is 3. The van der Waals surface area contributed by atoms with Crippen molar-refractivity contribution in [2.45, 2.75) is 10.6 Å². The summed E-state index contributed by atoms with van der Waals surface area (Å²) in [6.45, 7) is 0. The van der Waals surface area contributed by atoms with Crippen LogP contribution in [0.5, 0.6) is 0 Å². The molecule has 0 bridgehead atoms. The lowest BCUT2D eigenvalue weighted by atomic mass is 10.2. The molecule has 1 aromatic carbocycles. The van der Waals surface area contributed by atoms with Crippen molar-refractivity contribution in [2.24, 2.45) is 0 Å². The van der Waals surface area contributed by atoms with Gasteiger partial charge in [0.25, 0.3) is 0 Å². The van der Waals surface area contributed by atoms with Crippen LogP contribution in [0.3, 0.4) is 0 Å². The minimum atomic E-state index is -0.983. The van der Waals surface area contributed by atoms with Crippen LogP contribution >= 0.6 is 23.1 Å². The van der Waals surface area contributed by atoms with Gasteiger partial charge in [0, 0.05) is 21.6 Å². The molecule has 2 aromatic rings. The van der Waals surface area contributed by atoms with E-state index in [0.717, 1.165) is 34.4 Å². The SMILES string of the molecule is O=C(O)c1cc(SCc2cc(F)ccc2F)cs1. The van der Waals surface area contributed by atoms with Crippen LogP contribution in [0.4, 0.5) is 8.78 Å². The molecule has 2 nitrogen and oxygen atoms in total. The van der Waals surface area contributed by atoms with Crippen molar-refractivity contribution < 1.29 is 18.7 Å². The fraction of sp³-hybridized carbons (Fsp3) is 0.0833. The zero-order valence-corrected chi connectivity index (χ0v) is 10.7. The Morgan fingerprint density at radius 1 is 1.33 bits per heavy atom. The smallest absolute Gasteiger partial charge is 0.345 e. The van der Waals surface area contributed by atoms with E-state index in [9.17, 15) is 13.6 Å². The van der Waals surface area contributed by atoms with Crippen molar-refractivity contribution in [3.8, 4) is 0 Å². The van der Waals surface area contributed by atoms with Gasteiger partial charge < -0.3 is 5.11 Å². The molecule has 0 atom stereocenters. The summed E-state index contributed by atoms with van der Waals surface area (Å²) in [5, 5.41) is 10.4. The number of thiophene rings is 1. The molecule has 0 radical (unpaired) electrons. The first kappa shape index (κ1) is 13.0. The summed E-state index contributed by atoms with van der Waals surface area (Å²) < 4.78 is 26.3. The van der Waals surface area contributed by atoms with E-state index in [4.69, 9.17) is 5.11 Å². The Bertz CT molecular complexity index is 581. The van der Waals surface area contributed by atoms with Crippen molar-refractivity contribution in [1.82, 2.24) is 0 Å². The van der Waals surface area contributed by atoms with E-state index in [1.807, 2.05) is 0 Å². The third kappa shape index (κ3) is 3.08. The molecule has 0 aliphatic heterocycles. The molecule has 0 spiro atoms. The Balaban J connectivity index is 2.06. The maximum absolute atomic E-state index is 13.3. The Hall–Kier alpha value is -1.40. The molecule has 1 heterocycles. The molecule has 2 rings (SSSR count). The summed E-state index contributed by atoms with van der Waals surface area (Å²) >= 11 is 2.39. The van der Waals surface area contributed by atoms with Gasteiger partial charge in [0.2, 0.25) is 0 Å². The second-order valence-electron chi connectivity index (χ2n) is 3.48. The van der Waals surface area contributed by atoms with E-state index in [2.05, 4.69) is 0 Å². The van der Waals surface area contributed by atoms with Crippen molar-refractivity contribution in [2.75, 3.05) is 0 Å². The van der Waals surface area contributed by atoms with Gasteiger partial charge in [-0.1, -0.05) is 0 Å². The topological polar surface area (TPSA) is 37.3 Å². The van der Waals surface area contributed by atoms with Gasteiger partial charge in [-0.3, -0.25) is 0 Å². The van der Waals surface area contributed by atoms with Gasteiger partial charge >= 0.3 is 5.97 Å². The van der Waals surface area contributed by atoms with Gasteiger partial charge in [-0.2, -0.15) is 0 Å². The third-order valence-electron chi connectivity index (χ3n) is 2.19. The summed E-state index contributed by atoms with van der Waals surface area (Å²) in [5.74, 6) is -1.66. The summed E-state index contributed by atoms with van der Waals surface area (Å²) in [4.78, 5) is 11.6. The number of carboxylic acids is 1. The van der Waals surface area contributed by atoms with Gasteiger partial charge in [0.15, 0.2) is 0 Å². The predicted octanol–water partition coefficient (Wildman–Crippen LogP) is 4.02. The summed E-state index contributed by atoms with van der Waals surface area (Å²) in [7, 11) is 0. The first-order chi connectivity index (χ1) is 8.56. The standard InChI is InChI=1S/C12H8F2O2S2/c13-8-1-2-10(14)7(3-8)5-17-9-4-11(12(15)16)18-6-9/h1-4,6H,5H2,(H,15,16). The normalized spacial score (nSPS) is 10.6. The highest BCUT2D eigenvalue weighted by atomic mass is 32.2. The number of hydrogen-bond donors (Lipinski definition) is 1. The lowest BCUT2D eigenvalue weighted by Gasteiger charge is -2.01. The van der Waals surface area contributed by atoms with Crippen LogP contribution in [-0.2, 0) is 5.75 Å². The van der Waals surface area contributed by atoms with Crippen LogP contribution in [0, 0.1) is 11.6 Å². The second-order valence-corrected chi connectivity index (χ2v) is 5.44. The number of halogens is 2. The molecule has 0 saturated heterocycles. The zero-order chi connectivity index (χ0) is 13.1. The van der Waals surface area contributed by atoms with Crippen LogP contribution in [0.2, 0.25) is 0 Å². The highest BCUT2D eigenvalue weighted by Crippen LogP contribution is 2.28. The van der Waals surface area contributed by atoms with Crippen molar-refractivity contribution >= 4 is 29.1 Å². The van der Waals surface area contributed by atoms with Crippen molar-refractivity contribution in [3.63, 3.8) is 0 Å². The van der Waals surface area contributed by atoms with Gasteiger partial charge in [-0.15, -0.1) is 23.1 Å². The summed E-state index contributed by atoms with van der Waals surface area (Å²) in [6, 6.07) is 4.82. The molecule has 0 fully saturated rings. The monoisotopic (exact) mass is 286 g/mol. The maximum atomic E-state index is 13.3. The molecule has 1 N–H and O–H groups in total. The molecule has 0 amide bonds. The zero-order valence-electron chi connectivity index (χ0n) is 9.02. The van der Waals surface area contributed by atoms with Crippen molar-refractivity contribution in [3.05, 3.63) is 51.7 Å². The first-order valence-electron chi connectivity index (χ1n) is 4.95. The molecule has 0 unspecified atom stereocenters. The molecule has 6 heteroatoms. The lowest BCUT2D eigenvalue weighted by Crippen LogP contribution is -1.90. The number of aromatic carboxylic acids is 1. The molecule has 0 saturated carbocycles. The lowest BCUT2D eigenvalue weighted by molar-refractivity contribution is 0.0702. The van der Waals surface area contributed by atoms with Crippen LogP contribution < -0.4 is 0 Å². The predicted molar refractivity (Wildman–Crippen MR) is 67.2 cm³/mol. The number of rotatable bonds is 4. The van der Waals surface area contributed by atoms with Gasteiger partial charge in [0.05, 0.1) is 0 Å². The van der Waals surface area contributed by atoms with Crippen LogP contribution in [0.25, 0.3) is 0 Å². The number of benzene rings is 1. The molecule has 18 heavy (non-hydrogen) atoms. The van der Waals surface area contributed by atoms with Gasteiger partial charge in [-0.05, 0) is 24.3 Å². The fourth-order valence-electron chi connectivity index (χ4n) is 1.32. The average Bonchev–Trinajstić information content (AvgIpc) is 2.79. The van der Waals surface area contributed by atoms with E-state index < -0.39 is 17.6 Å². The number of thioether (sulfide) groups is 1. The summed E-state index contributed by atoms with van der Waals surface area (Å²) in [6.07, 6.45) is 0. The molecular formula is C12H8F2O2S2. The van der Waals surface area contributed by atoms with E-state index in [1.54, 1.807) is 5.38 Å². The van der Waals surface area contributed by atoms with Gasteiger partial charge in [-0.25, -0.2) is 13.6 Å². The average molecular weight is 286 g/mol. The Kier molecular flexibility index (Phi) is 3.98. The molecule has 94 valence electrons.